The zero-order valence-electron chi connectivity index (χ0n) is 14.7. The van der Waals surface area contributed by atoms with E-state index in [-0.39, 0.29) is 0 Å². The first-order chi connectivity index (χ1) is 12.0. The van der Waals surface area contributed by atoms with Gasteiger partial charge in [-0.3, -0.25) is 0 Å². The molecule has 1 aliphatic heterocycles. The van der Waals surface area contributed by atoms with Crippen molar-refractivity contribution in [2.45, 2.75) is 18.7 Å². The van der Waals surface area contributed by atoms with Crippen LogP contribution in [0.5, 0.6) is 5.75 Å². The lowest BCUT2D eigenvalue weighted by molar-refractivity contribution is 0.340. The van der Waals surface area contributed by atoms with Crippen LogP contribution >= 0.6 is 0 Å². The molecule has 1 heterocycles. The molecule has 0 radical (unpaired) electrons. The lowest BCUT2D eigenvalue weighted by atomic mass is 10.2. The second-order valence-electron chi connectivity index (χ2n) is 6.08. The molecule has 3 rings (SSSR count). The summed E-state index contributed by atoms with van der Waals surface area (Å²) in [5, 5.41) is 0. The van der Waals surface area contributed by atoms with E-state index < -0.39 is 10.0 Å². The molecular weight excluding hydrogens is 336 g/mol. The Morgan fingerprint density at radius 3 is 2.20 bits per heavy atom. The van der Waals surface area contributed by atoms with Crippen molar-refractivity contribution in [1.29, 1.82) is 0 Å². The van der Waals surface area contributed by atoms with Gasteiger partial charge in [-0.15, -0.1) is 0 Å². The molecule has 5 nitrogen and oxygen atoms in total. The highest BCUT2D eigenvalue weighted by Crippen LogP contribution is 2.24. The highest BCUT2D eigenvalue weighted by Gasteiger charge is 2.29. The van der Waals surface area contributed by atoms with Gasteiger partial charge in [0.25, 0.3) is 0 Å². The quantitative estimate of drug-likeness (QED) is 0.823. The third-order valence-electron chi connectivity index (χ3n) is 4.46. The maximum atomic E-state index is 12.9. The minimum absolute atomic E-state index is 0.407. The van der Waals surface area contributed by atoms with E-state index in [0.717, 1.165) is 17.0 Å². The van der Waals surface area contributed by atoms with Crippen molar-refractivity contribution >= 4 is 15.7 Å². The highest BCUT2D eigenvalue weighted by molar-refractivity contribution is 7.89. The Hall–Kier alpha value is -2.05. The molecule has 0 spiro atoms. The van der Waals surface area contributed by atoms with Crippen LogP contribution in [0.4, 0.5) is 5.69 Å². The fourth-order valence-corrected chi connectivity index (χ4v) is 4.74. The summed E-state index contributed by atoms with van der Waals surface area (Å²) in [5.74, 6) is 0.854. The van der Waals surface area contributed by atoms with Crippen molar-refractivity contribution < 1.29 is 13.2 Å². The van der Waals surface area contributed by atoms with Gasteiger partial charge in [0.05, 0.1) is 11.5 Å². The summed E-state index contributed by atoms with van der Waals surface area (Å²) in [7, 11) is -3.43. The topological polar surface area (TPSA) is 49.9 Å². The number of sulfonamides is 1. The van der Waals surface area contributed by atoms with Gasteiger partial charge >= 0.3 is 0 Å². The van der Waals surface area contributed by atoms with Crippen LogP contribution in [0.15, 0.2) is 53.4 Å². The van der Waals surface area contributed by atoms with Crippen LogP contribution in [-0.2, 0) is 10.0 Å². The Morgan fingerprint density at radius 1 is 0.960 bits per heavy atom. The third kappa shape index (κ3) is 3.80. The number of rotatable bonds is 5. The first-order valence-electron chi connectivity index (χ1n) is 8.56. The van der Waals surface area contributed by atoms with E-state index in [2.05, 4.69) is 4.90 Å². The van der Waals surface area contributed by atoms with E-state index in [0.29, 0.717) is 37.7 Å². The Morgan fingerprint density at radius 2 is 1.60 bits per heavy atom. The Bertz CT molecular complexity index is 811. The Labute approximate surface area is 149 Å². The summed E-state index contributed by atoms with van der Waals surface area (Å²) in [6.45, 7) is 6.78. The number of anilines is 1. The minimum atomic E-state index is -3.43. The average Bonchev–Trinajstić information content (AvgIpc) is 2.63. The van der Waals surface area contributed by atoms with E-state index in [1.54, 1.807) is 16.4 Å². The fourth-order valence-electron chi connectivity index (χ4n) is 3.09. The maximum absolute atomic E-state index is 12.9. The molecular formula is C19H24N2O3S. The van der Waals surface area contributed by atoms with E-state index in [1.165, 1.54) is 0 Å². The number of aryl methyl sites for hydroxylation is 1. The fraction of sp³-hybridized carbons (Fsp3) is 0.368. The Balaban J connectivity index is 1.68. The molecule has 134 valence electrons. The molecule has 1 fully saturated rings. The van der Waals surface area contributed by atoms with Crippen LogP contribution in [0.25, 0.3) is 0 Å². The van der Waals surface area contributed by atoms with Crippen molar-refractivity contribution in [2.24, 2.45) is 0 Å². The number of ether oxygens (including phenoxy) is 1. The van der Waals surface area contributed by atoms with Gasteiger partial charge < -0.3 is 9.64 Å². The predicted molar refractivity (Wildman–Crippen MR) is 99.8 cm³/mol. The third-order valence-corrected chi connectivity index (χ3v) is 6.52. The second-order valence-corrected chi connectivity index (χ2v) is 7.99. The molecule has 0 aliphatic carbocycles. The molecule has 1 aliphatic rings. The molecule has 0 atom stereocenters. The Kier molecular flexibility index (Phi) is 5.30. The van der Waals surface area contributed by atoms with Gasteiger partial charge in [-0.25, -0.2) is 8.42 Å². The standard InChI is InChI=1S/C19H24N2O3S/c1-3-24-18-10-8-17(9-11-18)20-12-14-21(15-13-20)25(22,23)19-7-5-4-6-16(19)2/h4-11H,3,12-15H2,1-2H3. The molecule has 2 aromatic carbocycles. The molecule has 25 heavy (non-hydrogen) atoms. The molecule has 1 saturated heterocycles. The monoisotopic (exact) mass is 360 g/mol. The predicted octanol–water partition coefficient (Wildman–Crippen LogP) is 2.90. The second kappa shape index (κ2) is 7.45. The number of piperazine rings is 1. The molecule has 2 aromatic rings. The summed E-state index contributed by atoms with van der Waals surface area (Å²) in [5.41, 5.74) is 1.88. The van der Waals surface area contributed by atoms with Crippen LogP contribution in [0.1, 0.15) is 12.5 Å². The molecule has 0 amide bonds. The van der Waals surface area contributed by atoms with Gasteiger partial charge in [0, 0.05) is 31.9 Å². The highest BCUT2D eigenvalue weighted by atomic mass is 32.2. The van der Waals surface area contributed by atoms with Crippen molar-refractivity contribution in [3.05, 3.63) is 54.1 Å². The van der Waals surface area contributed by atoms with Crippen molar-refractivity contribution in [3.63, 3.8) is 0 Å². The SMILES string of the molecule is CCOc1ccc(N2CCN(S(=O)(=O)c3ccccc3C)CC2)cc1. The van der Waals surface area contributed by atoms with Crippen molar-refractivity contribution in [2.75, 3.05) is 37.7 Å². The summed E-state index contributed by atoms with van der Waals surface area (Å²) >= 11 is 0. The molecule has 0 unspecified atom stereocenters. The molecule has 0 saturated carbocycles. The van der Waals surface area contributed by atoms with Gasteiger partial charge in [-0.2, -0.15) is 4.31 Å². The van der Waals surface area contributed by atoms with Crippen molar-refractivity contribution in [1.82, 2.24) is 4.31 Å². The van der Waals surface area contributed by atoms with Crippen LogP contribution < -0.4 is 9.64 Å². The zero-order chi connectivity index (χ0) is 17.9. The summed E-state index contributed by atoms with van der Waals surface area (Å²) in [4.78, 5) is 2.61. The number of nitrogens with zero attached hydrogens (tertiary/aromatic N) is 2. The number of hydrogen-bond acceptors (Lipinski definition) is 4. The van der Waals surface area contributed by atoms with Gasteiger partial charge in [0.15, 0.2) is 0 Å². The van der Waals surface area contributed by atoms with Gasteiger partial charge in [-0.05, 0) is 49.7 Å². The normalized spacial score (nSPS) is 16.0. The van der Waals surface area contributed by atoms with Gasteiger partial charge in [0.2, 0.25) is 10.0 Å². The van der Waals surface area contributed by atoms with E-state index in [9.17, 15) is 8.42 Å². The van der Waals surface area contributed by atoms with Crippen LogP contribution in [0, 0.1) is 6.92 Å². The average molecular weight is 360 g/mol. The van der Waals surface area contributed by atoms with Crippen LogP contribution in [0.3, 0.4) is 0 Å². The molecule has 0 aromatic heterocycles. The summed E-state index contributed by atoms with van der Waals surface area (Å²) < 4.78 is 32.8. The van der Waals surface area contributed by atoms with E-state index in [4.69, 9.17) is 4.74 Å². The number of hydrogen-bond donors (Lipinski definition) is 0. The van der Waals surface area contributed by atoms with E-state index in [1.807, 2.05) is 50.2 Å². The first kappa shape index (κ1) is 17.8. The van der Waals surface area contributed by atoms with E-state index >= 15 is 0 Å². The minimum Gasteiger partial charge on any atom is -0.494 e. The molecule has 0 N–H and O–H groups in total. The van der Waals surface area contributed by atoms with Crippen LogP contribution in [-0.4, -0.2) is 45.5 Å². The lowest BCUT2D eigenvalue weighted by Crippen LogP contribution is -2.48. The van der Waals surface area contributed by atoms with Crippen LogP contribution in [0.2, 0.25) is 0 Å². The smallest absolute Gasteiger partial charge is 0.243 e. The summed E-state index contributed by atoms with van der Waals surface area (Å²) in [6.07, 6.45) is 0. The molecule has 6 heteroatoms. The lowest BCUT2D eigenvalue weighted by Gasteiger charge is -2.35. The zero-order valence-corrected chi connectivity index (χ0v) is 15.5. The maximum Gasteiger partial charge on any atom is 0.243 e. The largest absolute Gasteiger partial charge is 0.494 e. The van der Waals surface area contributed by atoms with Crippen molar-refractivity contribution in [3.8, 4) is 5.75 Å². The summed E-state index contributed by atoms with van der Waals surface area (Å²) in [6, 6.07) is 15.1. The molecule has 0 bridgehead atoms. The first-order valence-corrected chi connectivity index (χ1v) is 10.00. The number of benzene rings is 2. The van der Waals surface area contributed by atoms with Gasteiger partial charge in [-0.1, -0.05) is 18.2 Å². The van der Waals surface area contributed by atoms with Gasteiger partial charge in [0.1, 0.15) is 5.75 Å².